The van der Waals surface area contributed by atoms with Gasteiger partial charge in [0.2, 0.25) is 0 Å². The van der Waals surface area contributed by atoms with Gasteiger partial charge >= 0.3 is 11.9 Å². The van der Waals surface area contributed by atoms with Gasteiger partial charge in [-0.3, -0.25) is 9.59 Å². The number of hydrogen-bond donors (Lipinski definition) is 2. The van der Waals surface area contributed by atoms with Crippen molar-refractivity contribution < 1.29 is 29.3 Å². The highest BCUT2D eigenvalue weighted by atomic mass is 16.6. The third-order valence-electron chi connectivity index (χ3n) is 16.8. The fraction of sp³-hybridized carbons (Fsp3) is 0.941. The van der Waals surface area contributed by atoms with E-state index in [-0.39, 0.29) is 19.6 Å². The SMILES string of the molecule is CCCCCCCCCCCCCCCCCCCCCCCCCCCCCCCCCCCCCCCCCCCCCCCCCCCCCCCCC/C=C/C1CC(=O)OCC(CO)(CO)COC1=O. The van der Waals surface area contributed by atoms with E-state index in [2.05, 4.69) is 6.92 Å². The topological polar surface area (TPSA) is 93.1 Å². The molecule has 6 heteroatoms. The molecule has 1 heterocycles. The Morgan fingerprint density at radius 2 is 0.568 bits per heavy atom. The predicted octanol–water partition coefficient (Wildman–Crippen LogP) is 21.5. The van der Waals surface area contributed by atoms with Crippen LogP contribution in [0.25, 0.3) is 0 Å². The van der Waals surface area contributed by atoms with Crippen LogP contribution >= 0.6 is 0 Å². The molecule has 0 aromatic rings. The summed E-state index contributed by atoms with van der Waals surface area (Å²) in [4.78, 5) is 24.7. The van der Waals surface area contributed by atoms with Crippen LogP contribution in [0.1, 0.15) is 373 Å². The van der Waals surface area contributed by atoms with E-state index in [1.165, 1.54) is 347 Å². The lowest BCUT2D eigenvalue weighted by molar-refractivity contribution is -0.153. The molecule has 438 valence electrons. The zero-order valence-corrected chi connectivity index (χ0v) is 49.9. The molecular formula is C68H130O6. The van der Waals surface area contributed by atoms with Crippen molar-refractivity contribution in [2.45, 2.75) is 373 Å². The van der Waals surface area contributed by atoms with Crippen molar-refractivity contribution >= 4 is 11.9 Å². The minimum absolute atomic E-state index is 0.0812. The molecule has 0 spiro atoms. The first kappa shape index (κ1) is 70.6. The first-order chi connectivity index (χ1) is 36.6. The Morgan fingerprint density at radius 1 is 0.351 bits per heavy atom. The second-order valence-corrected chi connectivity index (χ2v) is 24.2. The Kier molecular flexibility index (Phi) is 55.1. The summed E-state index contributed by atoms with van der Waals surface area (Å²) in [7, 11) is 0. The summed E-state index contributed by atoms with van der Waals surface area (Å²) in [6, 6.07) is 0. The van der Waals surface area contributed by atoms with Crippen molar-refractivity contribution in [3.63, 3.8) is 0 Å². The maximum atomic E-state index is 12.5. The molecule has 0 bridgehead atoms. The number of allylic oxidation sites excluding steroid dienone is 1. The summed E-state index contributed by atoms with van der Waals surface area (Å²) in [6.45, 7) is 1.12. The molecule has 6 nitrogen and oxygen atoms in total. The lowest BCUT2D eigenvalue weighted by Crippen LogP contribution is -2.40. The fourth-order valence-corrected chi connectivity index (χ4v) is 11.3. The number of hydrogen-bond acceptors (Lipinski definition) is 6. The van der Waals surface area contributed by atoms with Gasteiger partial charge in [0.1, 0.15) is 13.2 Å². The third kappa shape index (κ3) is 48.9. The number of carbonyl (C=O) groups is 2. The Bertz CT molecular complexity index is 1160. The molecule has 0 aromatic carbocycles. The number of esters is 2. The van der Waals surface area contributed by atoms with Gasteiger partial charge in [0, 0.05) is 0 Å². The highest BCUT2D eigenvalue weighted by Gasteiger charge is 2.36. The van der Waals surface area contributed by atoms with E-state index in [0.29, 0.717) is 0 Å². The quantitative estimate of drug-likeness (QED) is 0.0358. The third-order valence-corrected chi connectivity index (χ3v) is 16.8. The van der Waals surface area contributed by atoms with Gasteiger partial charge in [-0.05, 0) is 12.8 Å². The summed E-state index contributed by atoms with van der Waals surface area (Å²) in [5.74, 6) is -1.71. The van der Waals surface area contributed by atoms with Gasteiger partial charge < -0.3 is 19.7 Å². The molecule has 1 aliphatic rings. The second-order valence-electron chi connectivity index (χ2n) is 24.2. The van der Waals surface area contributed by atoms with E-state index in [4.69, 9.17) is 9.47 Å². The molecule has 1 atom stereocenters. The summed E-state index contributed by atoms with van der Waals surface area (Å²) in [6.07, 6.45) is 83.8. The van der Waals surface area contributed by atoms with Crippen LogP contribution in [-0.4, -0.2) is 48.6 Å². The Balaban J connectivity index is 1.67. The van der Waals surface area contributed by atoms with Crippen LogP contribution < -0.4 is 0 Å². The monoisotopic (exact) mass is 1040 g/mol. The predicted molar refractivity (Wildman–Crippen MR) is 320 cm³/mol. The molecule has 1 saturated heterocycles. The van der Waals surface area contributed by atoms with Gasteiger partial charge in [0.25, 0.3) is 0 Å². The average Bonchev–Trinajstić information content (AvgIpc) is 3.47. The number of carbonyl (C=O) groups excluding carboxylic acids is 2. The highest BCUT2D eigenvalue weighted by Crippen LogP contribution is 2.24. The first-order valence-electron chi connectivity index (χ1n) is 33.8. The summed E-state index contributed by atoms with van der Waals surface area (Å²) in [5.41, 5.74) is -1.15. The van der Waals surface area contributed by atoms with Crippen LogP contribution in [0.2, 0.25) is 0 Å². The average molecular weight is 1040 g/mol. The number of rotatable bonds is 59. The number of aliphatic hydroxyl groups is 2. The molecule has 1 aliphatic heterocycles. The van der Waals surface area contributed by atoms with Gasteiger partial charge in [-0.25, -0.2) is 0 Å². The summed E-state index contributed by atoms with van der Waals surface area (Å²) < 4.78 is 10.5. The van der Waals surface area contributed by atoms with Crippen molar-refractivity contribution in [2.24, 2.45) is 11.3 Å². The van der Waals surface area contributed by atoms with E-state index in [9.17, 15) is 19.8 Å². The minimum atomic E-state index is -1.15. The van der Waals surface area contributed by atoms with Gasteiger partial charge in [0.05, 0.1) is 31.0 Å². The van der Waals surface area contributed by atoms with Gasteiger partial charge in [-0.2, -0.15) is 0 Å². The minimum Gasteiger partial charge on any atom is -0.465 e. The van der Waals surface area contributed by atoms with Crippen molar-refractivity contribution in [2.75, 3.05) is 26.4 Å². The van der Waals surface area contributed by atoms with Gasteiger partial charge in [-0.1, -0.05) is 366 Å². The van der Waals surface area contributed by atoms with Crippen LogP contribution in [-0.2, 0) is 19.1 Å². The molecule has 0 aliphatic carbocycles. The van der Waals surface area contributed by atoms with Crippen LogP contribution in [0.3, 0.4) is 0 Å². The van der Waals surface area contributed by atoms with E-state index in [0.717, 1.165) is 12.8 Å². The standard InChI is InChI=1S/C68H130O6/c1-2-3-4-5-6-7-8-9-10-11-12-13-14-15-16-17-18-19-20-21-22-23-24-25-26-27-28-29-30-31-32-33-34-35-36-37-38-39-40-41-42-43-44-45-46-47-48-49-50-51-52-53-54-55-56-57-58-59-65-60-66(71)73-63-68(61-69,62-70)64-74-67(65)72/h58-59,65,69-70H,2-57,60-64H2,1H3/b59-58+. The Labute approximate surface area is 462 Å². The maximum absolute atomic E-state index is 12.5. The smallest absolute Gasteiger partial charge is 0.313 e. The fourth-order valence-electron chi connectivity index (χ4n) is 11.3. The summed E-state index contributed by atoms with van der Waals surface area (Å²) in [5, 5.41) is 19.2. The number of aliphatic hydroxyl groups excluding tert-OH is 2. The molecule has 0 radical (unpaired) electrons. The molecule has 0 aromatic heterocycles. The molecule has 0 saturated carbocycles. The summed E-state index contributed by atoms with van der Waals surface area (Å²) >= 11 is 0. The van der Waals surface area contributed by atoms with Gasteiger partial charge in [-0.15, -0.1) is 0 Å². The number of unbranched alkanes of at least 4 members (excludes halogenated alkanes) is 55. The van der Waals surface area contributed by atoms with Gasteiger partial charge in [0.15, 0.2) is 0 Å². The zero-order valence-electron chi connectivity index (χ0n) is 49.9. The highest BCUT2D eigenvalue weighted by molar-refractivity contribution is 5.81. The van der Waals surface area contributed by atoms with E-state index in [1.54, 1.807) is 6.08 Å². The van der Waals surface area contributed by atoms with Crippen molar-refractivity contribution in [1.29, 1.82) is 0 Å². The molecular weight excluding hydrogens is 913 g/mol. The lowest BCUT2D eigenvalue weighted by Gasteiger charge is -2.27. The number of cyclic esters (lactones) is 2. The van der Waals surface area contributed by atoms with E-state index >= 15 is 0 Å². The molecule has 1 fully saturated rings. The zero-order chi connectivity index (χ0) is 53.2. The lowest BCUT2D eigenvalue weighted by atomic mass is 9.92. The van der Waals surface area contributed by atoms with Crippen LogP contribution in [0.15, 0.2) is 12.2 Å². The Morgan fingerprint density at radius 3 is 0.797 bits per heavy atom. The number of ether oxygens (including phenoxy) is 2. The normalized spacial score (nSPS) is 15.1. The largest absolute Gasteiger partial charge is 0.465 e. The van der Waals surface area contributed by atoms with Crippen molar-refractivity contribution in [3.05, 3.63) is 12.2 Å². The molecule has 74 heavy (non-hydrogen) atoms. The van der Waals surface area contributed by atoms with E-state index < -0.39 is 36.5 Å². The van der Waals surface area contributed by atoms with Crippen LogP contribution in [0.5, 0.6) is 0 Å². The van der Waals surface area contributed by atoms with E-state index in [1.807, 2.05) is 6.08 Å². The maximum Gasteiger partial charge on any atom is 0.313 e. The van der Waals surface area contributed by atoms with Crippen LogP contribution in [0, 0.1) is 11.3 Å². The van der Waals surface area contributed by atoms with Crippen LogP contribution in [0.4, 0.5) is 0 Å². The Hall–Kier alpha value is -1.40. The van der Waals surface area contributed by atoms with Crippen molar-refractivity contribution in [1.82, 2.24) is 0 Å². The van der Waals surface area contributed by atoms with Crippen molar-refractivity contribution in [3.8, 4) is 0 Å². The molecule has 1 unspecified atom stereocenters. The molecule has 1 rings (SSSR count). The first-order valence-corrected chi connectivity index (χ1v) is 33.8. The molecule has 2 N–H and O–H groups in total. The molecule has 0 amide bonds. The second kappa shape index (κ2) is 57.8.